The number of aromatic nitrogens is 3. The van der Waals surface area contributed by atoms with Crippen molar-refractivity contribution in [3.63, 3.8) is 0 Å². The second-order valence-corrected chi connectivity index (χ2v) is 7.74. The molecular weight excluding hydrogens is 328 g/mol. The quantitative estimate of drug-likeness (QED) is 0.847. The number of pyridine rings is 1. The first-order valence-electron chi connectivity index (χ1n) is 7.64. The van der Waals surface area contributed by atoms with Crippen molar-refractivity contribution in [1.29, 1.82) is 0 Å². The van der Waals surface area contributed by atoms with E-state index in [2.05, 4.69) is 19.7 Å². The summed E-state index contributed by atoms with van der Waals surface area (Å²) in [6.45, 7) is 1.25. The van der Waals surface area contributed by atoms with Crippen LogP contribution in [0.1, 0.15) is 6.42 Å². The molecule has 0 amide bonds. The molecule has 0 aromatic carbocycles. The summed E-state index contributed by atoms with van der Waals surface area (Å²) in [4.78, 5) is 15.0. The Morgan fingerprint density at radius 3 is 2.83 bits per heavy atom. The molecule has 1 aliphatic rings. The molecule has 1 aliphatic heterocycles. The minimum absolute atomic E-state index is 0.150. The second-order valence-electron chi connectivity index (χ2n) is 5.82. The molecule has 0 radical (unpaired) electrons. The third-order valence-corrected chi connectivity index (χ3v) is 5.46. The van der Waals surface area contributed by atoms with Gasteiger partial charge in [0.1, 0.15) is 0 Å². The van der Waals surface area contributed by atoms with E-state index in [9.17, 15) is 8.42 Å². The van der Waals surface area contributed by atoms with E-state index < -0.39 is 10.2 Å². The summed E-state index contributed by atoms with van der Waals surface area (Å²) in [5.74, 6) is 0.600. The van der Waals surface area contributed by atoms with Crippen molar-refractivity contribution in [3.8, 4) is 11.3 Å². The average Bonchev–Trinajstić information content (AvgIpc) is 3.03. The molecule has 2 aromatic heterocycles. The number of rotatable bonds is 5. The van der Waals surface area contributed by atoms with Gasteiger partial charge in [0.15, 0.2) is 0 Å². The summed E-state index contributed by atoms with van der Waals surface area (Å²) in [5, 5.41) is 0. The fourth-order valence-corrected chi connectivity index (χ4v) is 3.35. The summed E-state index contributed by atoms with van der Waals surface area (Å²) in [7, 11) is -0.412. The van der Waals surface area contributed by atoms with Gasteiger partial charge in [0.25, 0.3) is 10.2 Å². The molecule has 2 aromatic rings. The normalized spacial score (nSPS) is 18.3. The highest BCUT2D eigenvalue weighted by Crippen LogP contribution is 2.21. The third kappa shape index (κ3) is 3.69. The van der Waals surface area contributed by atoms with Crippen molar-refractivity contribution < 1.29 is 8.42 Å². The van der Waals surface area contributed by atoms with E-state index in [-0.39, 0.29) is 6.04 Å². The van der Waals surface area contributed by atoms with E-state index in [0.717, 1.165) is 11.3 Å². The standard InChI is InChI=1S/C15H20N6O2S/c1-20(2)24(22,23)19-13-6-9-21(11-13)15-17-8-5-14(18-15)12-4-3-7-16-10-12/h3-5,7-8,10,13,19H,6,9,11H2,1-2H3. The van der Waals surface area contributed by atoms with Crippen molar-refractivity contribution in [2.45, 2.75) is 12.5 Å². The maximum Gasteiger partial charge on any atom is 0.279 e. The highest BCUT2D eigenvalue weighted by molar-refractivity contribution is 7.87. The number of nitrogens with zero attached hydrogens (tertiary/aromatic N) is 5. The molecule has 3 heterocycles. The molecular formula is C15H20N6O2S. The summed E-state index contributed by atoms with van der Waals surface area (Å²) in [5.41, 5.74) is 1.72. The number of hydrogen-bond acceptors (Lipinski definition) is 6. The minimum Gasteiger partial charge on any atom is -0.339 e. The first kappa shape index (κ1) is 16.7. The average molecular weight is 348 g/mol. The molecule has 1 unspecified atom stereocenters. The predicted octanol–water partition coefficient (Wildman–Crippen LogP) is 0.513. The van der Waals surface area contributed by atoms with Crippen LogP contribution in [-0.4, -0.2) is 60.9 Å². The predicted molar refractivity (Wildman–Crippen MR) is 91.6 cm³/mol. The number of anilines is 1. The van der Waals surface area contributed by atoms with Gasteiger partial charge in [-0.2, -0.15) is 17.4 Å². The van der Waals surface area contributed by atoms with Crippen molar-refractivity contribution in [2.75, 3.05) is 32.1 Å². The number of nitrogens with one attached hydrogen (secondary N) is 1. The van der Waals surface area contributed by atoms with Gasteiger partial charge in [-0.3, -0.25) is 4.98 Å². The Hall–Kier alpha value is -2.10. The molecule has 8 nitrogen and oxygen atoms in total. The molecule has 9 heteroatoms. The molecule has 1 fully saturated rings. The van der Waals surface area contributed by atoms with Crippen molar-refractivity contribution in [3.05, 3.63) is 36.8 Å². The lowest BCUT2D eigenvalue weighted by Crippen LogP contribution is -2.43. The lowest BCUT2D eigenvalue weighted by atomic mass is 10.2. The van der Waals surface area contributed by atoms with E-state index >= 15 is 0 Å². The van der Waals surface area contributed by atoms with Gasteiger partial charge in [-0.05, 0) is 24.6 Å². The highest BCUT2D eigenvalue weighted by atomic mass is 32.2. The molecule has 0 saturated carbocycles. The molecule has 0 aliphatic carbocycles. The SMILES string of the molecule is CN(C)S(=O)(=O)NC1CCN(c2nccc(-c3cccnc3)n2)C1. The fraction of sp³-hybridized carbons (Fsp3) is 0.400. The number of hydrogen-bond donors (Lipinski definition) is 1. The smallest absolute Gasteiger partial charge is 0.279 e. The molecule has 0 spiro atoms. The second kappa shape index (κ2) is 6.80. The van der Waals surface area contributed by atoms with Crippen LogP contribution in [0.4, 0.5) is 5.95 Å². The zero-order valence-electron chi connectivity index (χ0n) is 13.6. The Morgan fingerprint density at radius 1 is 1.29 bits per heavy atom. The van der Waals surface area contributed by atoms with Crippen LogP contribution >= 0.6 is 0 Å². The van der Waals surface area contributed by atoms with E-state index in [4.69, 9.17) is 0 Å². The van der Waals surface area contributed by atoms with Gasteiger partial charge in [-0.15, -0.1) is 0 Å². The zero-order chi connectivity index (χ0) is 17.2. The Bertz CT molecular complexity index is 797. The van der Waals surface area contributed by atoms with Crippen LogP contribution in [0.3, 0.4) is 0 Å². The first-order valence-corrected chi connectivity index (χ1v) is 9.08. The van der Waals surface area contributed by atoms with Crippen LogP contribution in [-0.2, 0) is 10.2 Å². The van der Waals surface area contributed by atoms with Crippen LogP contribution in [0.15, 0.2) is 36.8 Å². The molecule has 1 N–H and O–H groups in total. The summed E-state index contributed by atoms with van der Waals surface area (Å²) >= 11 is 0. The molecule has 24 heavy (non-hydrogen) atoms. The Labute approximate surface area is 141 Å². The lowest BCUT2D eigenvalue weighted by Gasteiger charge is -2.19. The van der Waals surface area contributed by atoms with Gasteiger partial charge in [0.05, 0.1) is 5.69 Å². The van der Waals surface area contributed by atoms with Gasteiger partial charge >= 0.3 is 0 Å². The van der Waals surface area contributed by atoms with Crippen LogP contribution in [0.2, 0.25) is 0 Å². The van der Waals surface area contributed by atoms with E-state index in [1.807, 2.05) is 23.1 Å². The monoisotopic (exact) mass is 348 g/mol. The largest absolute Gasteiger partial charge is 0.339 e. The van der Waals surface area contributed by atoms with Crippen LogP contribution in [0, 0.1) is 0 Å². The van der Waals surface area contributed by atoms with Gasteiger partial charge in [0, 0.05) is 57.4 Å². The molecule has 128 valence electrons. The maximum absolute atomic E-state index is 11.9. The zero-order valence-corrected chi connectivity index (χ0v) is 14.4. The summed E-state index contributed by atoms with van der Waals surface area (Å²) in [6, 6.07) is 5.49. The summed E-state index contributed by atoms with van der Waals surface area (Å²) < 4.78 is 27.7. The Balaban J connectivity index is 1.73. The Morgan fingerprint density at radius 2 is 2.12 bits per heavy atom. The topological polar surface area (TPSA) is 91.3 Å². The van der Waals surface area contributed by atoms with Gasteiger partial charge in [-0.25, -0.2) is 9.97 Å². The van der Waals surface area contributed by atoms with Crippen LogP contribution in [0.5, 0.6) is 0 Å². The van der Waals surface area contributed by atoms with Gasteiger partial charge in [0.2, 0.25) is 5.95 Å². The Kier molecular flexibility index (Phi) is 4.74. The van der Waals surface area contributed by atoms with Gasteiger partial charge in [-0.1, -0.05) is 0 Å². The third-order valence-electron chi connectivity index (χ3n) is 3.87. The van der Waals surface area contributed by atoms with E-state index in [1.54, 1.807) is 18.6 Å². The van der Waals surface area contributed by atoms with Crippen LogP contribution < -0.4 is 9.62 Å². The first-order chi connectivity index (χ1) is 11.5. The van der Waals surface area contributed by atoms with E-state index in [0.29, 0.717) is 25.5 Å². The molecule has 0 bridgehead atoms. The highest BCUT2D eigenvalue weighted by Gasteiger charge is 2.28. The summed E-state index contributed by atoms with van der Waals surface area (Å²) in [6.07, 6.45) is 5.90. The van der Waals surface area contributed by atoms with Crippen LogP contribution in [0.25, 0.3) is 11.3 Å². The minimum atomic E-state index is -3.43. The van der Waals surface area contributed by atoms with E-state index in [1.165, 1.54) is 18.4 Å². The lowest BCUT2D eigenvalue weighted by molar-refractivity contribution is 0.491. The van der Waals surface area contributed by atoms with Crippen molar-refractivity contribution >= 4 is 16.2 Å². The maximum atomic E-state index is 11.9. The molecule has 1 saturated heterocycles. The molecule has 1 atom stereocenters. The van der Waals surface area contributed by atoms with Crippen molar-refractivity contribution in [2.24, 2.45) is 0 Å². The van der Waals surface area contributed by atoms with Gasteiger partial charge < -0.3 is 4.90 Å². The fourth-order valence-electron chi connectivity index (χ4n) is 2.53. The molecule has 3 rings (SSSR count). The van der Waals surface area contributed by atoms with Crippen molar-refractivity contribution in [1.82, 2.24) is 24.0 Å².